The molecule has 0 amide bonds. The minimum Gasteiger partial charge on any atom is -0.481 e. The summed E-state index contributed by atoms with van der Waals surface area (Å²) in [4.78, 5) is 20.7. The molecule has 0 aliphatic rings. The number of carboxylic acid groups (broad SMARTS) is 2. The van der Waals surface area contributed by atoms with Gasteiger partial charge in [-0.25, -0.2) is 4.79 Å². The fraction of sp³-hybridized carbons (Fsp3) is 0.667. The van der Waals surface area contributed by atoms with Gasteiger partial charge in [0.05, 0.1) is 13.2 Å². The number of aliphatic hydroxyl groups is 3. The van der Waals surface area contributed by atoms with Crippen molar-refractivity contribution in [1.29, 1.82) is 0 Å². The molecule has 0 heterocycles. The lowest BCUT2D eigenvalue weighted by atomic mass is 9.89. The van der Waals surface area contributed by atoms with Crippen LogP contribution in [0.2, 0.25) is 0 Å². The lowest BCUT2D eigenvalue weighted by molar-refractivity contribution is -0.182. The molecule has 0 radical (unpaired) electrons. The summed E-state index contributed by atoms with van der Waals surface area (Å²) in [5.41, 5.74) is -2.85. The molecule has 13 heavy (non-hydrogen) atoms. The third-order valence-electron chi connectivity index (χ3n) is 1.67. The molecule has 76 valence electrons. The van der Waals surface area contributed by atoms with Crippen molar-refractivity contribution in [2.75, 3.05) is 13.2 Å². The van der Waals surface area contributed by atoms with Crippen LogP contribution in [-0.2, 0) is 9.59 Å². The number of hydrogen-bond acceptors (Lipinski definition) is 5. The van der Waals surface area contributed by atoms with Crippen molar-refractivity contribution in [2.45, 2.75) is 5.60 Å². The maximum Gasteiger partial charge on any atom is 0.339 e. The summed E-state index contributed by atoms with van der Waals surface area (Å²) in [6.07, 6.45) is 0. The predicted molar refractivity (Wildman–Crippen MR) is 37.9 cm³/mol. The maximum atomic E-state index is 10.4. The molecule has 0 aromatic rings. The van der Waals surface area contributed by atoms with Gasteiger partial charge in [0.2, 0.25) is 5.60 Å². The zero-order valence-electron chi connectivity index (χ0n) is 6.54. The maximum absolute atomic E-state index is 10.4. The van der Waals surface area contributed by atoms with Crippen molar-refractivity contribution in [3.05, 3.63) is 0 Å². The van der Waals surface area contributed by atoms with Crippen molar-refractivity contribution in [1.82, 2.24) is 0 Å². The Kier molecular flexibility index (Phi) is 3.79. The number of rotatable bonds is 5. The standard InChI is InChI=1S/C6H10O7/c7-1-3(4(9)10)6(13,2-8)5(11)12/h3,7-8,13H,1-2H2,(H,9,10)(H,11,12). The van der Waals surface area contributed by atoms with E-state index in [9.17, 15) is 9.59 Å². The van der Waals surface area contributed by atoms with Gasteiger partial charge in [-0.15, -0.1) is 0 Å². The first-order chi connectivity index (χ1) is 5.90. The Balaban J connectivity index is 4.91. The summed E-state index contributed by atoms with van der Waals surface area (Å²) in [6.45, 7) is -2.35. The Bertz CT molecular complexity index is 213. The molecule has 0 fully saturated rings. The van der Waals surface area contributed by atoms with Crippen LogP contribution in [0.1, 0.15) is 0 Å². The van der Waals surface area contributed by atoms with Crippen molar-refractivity contribution in [2.24, 2.45) is 5.92 Å². The summed E-state index contributed by atoms with van der Waals surface area (Å²) in [6, 6.07) is 0. The quantitative estimate of drug-likeness (QED) is 0.326. The Hall–Kier alpha value is -1.18. The molecule has 7 heteroatoms. The predicted octanol–water partition coefficient (Wildman–Crippen LogP) is -2.51. The second-order valence-electron chi connectivity index (χ2n) is 2.46. The first-order valence-corrected chi connectivity index (χ1v) is 3.30. The lowest BCUT2D eigenvalue weighted by Gasteiger charge is -2.25. The molecule has 0 aromatic carbocycles. The molecular weight excluding hydrogens is 184 g/mol. The smallest absolute Gasteiger partial charge is 0.339 e. The monoisotopic (exact) mass is 194 g/mol. The molecule has 0 spiro atoms. The van der Waals surface area contributed by atoms with Gasteiger partial charge < -0.3 is 25.5 Å². The normalized spacial score (nSPS) is 17.5. The highest BCUT2D eigenvalue weighted by Crippen LogP contribution is 2.17. The molecule has 0 saturated heterocycles. The molecule has 0 bridgehead atoms. The van der Waals surface area contributed by atoms with E-state index >= 15 is 0 Å². The average Bonchev–Trinajstić information content (AvgIpc) is 2.04. The topological polar surface area (TPSA) is 135 Å². The molecule has 2 unspecified atom stereocenters. The Morgan fingerprint density at radius 3 is 1.77 bits per heavy atom. The number of aliphatic carboxylic acids is 2. The van der Waals surface area contributed by atoms with Crippen LogP contribution >= 0.6 is 0 Å². The second-order valence-corrected chi connectivity index (χ2v) is 2.46. The van der Waals surface area contributed by atoms with Crippen LogP contribution in [0, 0.1) is 5.92 Å². The third kappa shape index (κ3) is 2.14. The first-order valence-electron chi connectivity index (χ1n) is 3.30. The molecule has 0 aliphatic heterocycles. The van der Waals surface area contributed by atoms with E-state index in [1.807, 2.05) is 0 Å². The summed E-state index contributed by atoms with van der Waals surface area (Å²) >= 11 is 0. The summed E-state index contributed by atoms with van der Waals surface area (Å²) in [5, 5.41) is 42.9. The van der Waals surface area contributed by atoms with E-state index in [-0.39, 0.29) is 0 Å². The van der Waals surface area contributed by atoms with Gasteiger partial charge in [0.1, 0.15) is 5.92 Å². The van der Waals surface area contributed by atoms with Gasteiger partial charge in [0.25, 0.3) is 0 Å². The number of aliphatic hydroxyl groups excluding tert-OH is 2. The lowest BCUT2D eigenvalue weighted by Crippen LogP contribution is -2.53. The van der Waals surface area contributed by atoms with Crippen LogP contribution in [0.4, 0.5) is 0 Å². The minimum atomic E-state index is -2.85. The highest BCUT2D eigenvalue weighted by Gasteiger charge is 2.47. The van der Waals surface area contributed by atoms with Crippen LogP contribution in [0.25, 0.3) is 0 Å². The number of carboxylic acids is 2. The Morgan fingerprint density at radius 1 is 1.23 bits per heavy atom. The summed E-state index contributed by atoms with van der Waals surface area (Å²) in [5.74, 6) is -5.53. The van der Waals surface area contributed by atoms with Gasteiger partial charge in [-0.2, -0.15) is 0 Å². The molecule has 5 N–H and O–H groups in total. The van der Waals surface area contributed by atoms with Gasteiger partial charge in [-0.1, -0.05) is 0 Å². The average molecular weight is 194 g/mol. The van der Waals surface area contributed by atoms with E-state index in [2.05, 4.69) is 0 Å². The van der Waals surface area contributed by atoms with Gasteiger partial charge in [-0.3, -0.25) is 4.79 Å². The van der Waals surface area contributed by atoms with Crippen LogP contribution in [0.15, 0.2) is 0 Å². The molecule has 0 rings (SSSR count). The van der Waals surface area contributed by atoms with Crippen LogP contribution in [0.5, 0.6) is 0 Å². The molecule has 0 saturated carbocycles. The second kappa shape index (κ2) is 4.17. The van der Waals surface area contributed by atoms with Crippen molar-refractivity contribution in [3.8, 4) is 0 Å². The Labute approximate surface area is 72.9 Å². The highest BCUT2D eigenvalue weighted by molar-refractivity contribution is 5.85. The molecular formula is C6H10O7. The SMILES string of the molecule is O=C(O)C(CO)C(O)(CO)C(=O)O. The summed E-state index contributed by atoms with van der Waals surface area (Å²) < 4.78 is 0. The van der Waals surface area contributed by atoms with Gasteiger partial charge in [-0.05, 0) is 0 Å². The van der Waals surface area contributed by atoms with Crippen LogP contribution < -0.4 is 0 Å². The molecule has 0 aromatic heterocycles. The van der Waals surface area contributed by atoms with E-state index in [1.165, 1.54) is 0 Å². The fourth-order valence-corrected chi connectivity index (χ4v) is 0.760. The van der Waals surface area contributed by atoms with E-state index in [0.717, 1.165) is 0 Å². The van der Waals surface area contributed by atoms with Crippen molar-refractivity contribution < 1.29 is 35.1 Å². The van der Waals surface area contributed by atoms with E-state index in [1.54, 1.807) is 0 Å². The van der Waals surface area contributed by atoms with Crippen LogP contribution in [0.3, 0.4) is 0 Å². The molecule has 2 atom stereocenters. The number of carbonyl (C=O) groups is 2. The molecule has 0 aliphatic carbocycles. The zero-order valence-corrected chi connectivity index (χ0v) is 6.54. The summed E-state index contributed by atoms with van der Waals surface area (Å²) in [7, 11) is 0. The van der Waals surface area contributed by atoms with Crippen LogP contribution in [-0.4, -0.2) is 56.3 Å². The molecule has 7 nitrogen and oxygen atoms in total. The highest BCUT2D eigenvalue weighted by atomic mass is 16.4. The number of hydrogen-bond donors (Lipinski definition) is 5. The third-order valence-corrected chi connectivity index (χ3v) is 1.67. The van der Waals surface area contributed by atoms with Gasteiger partial charge in [0, 0.05) is 0 Å². The van der Waals surface area contributed by atoms with Gasteiger partial charge >= 0.3 is 11.9 Å². The van der Waals surface area contributed by atoms with Crippen molar-refractivity contribution >= 4 is 11.9 Å². The minimum absolute atomic E-state index is 1.07. The van der Waals surface area contributed by atoms with E-state index < -0.39 is 36.7 Å². The van der Waals surface area contributed by atoms with E-state index in [0.29, 0.717) is 0 Å². The first kappa shape index (κ1) is 11.8. The van der Waals surface area contributed by atoms with Crippen molar-refractivity contribution in [3.63, 3.8) is 0 Å². The largest absolute Gasteiger partial charge is 0.481 e. The zero-order chi connectivity index (χ0) is 10.6. The Morgan fingerprint density at radius 2 is 1.69 bits per heavy atom. The fourth-order valence-electron chi connectivity index (χ4n) is 0.760. The van der Waals surface area contributed by atoms with Gasteiger partial charge in [0.15, 0.2) is 0 Å². The van der Waals surface area contributed by atoms with E-state index in [4.69, 9.17) is 25.5 Å².